The Bertz CT molecular complexity index is 471. The topological polar surface area (TPSA) is 51.2 Å². The maximum absolute atomic E-state index is 12.0. The van der Waals surface area contributed by atoms with Crippen molar-refractivity contribution in [3.05, 3.63) is 29.8 Å². The predicted octanol–water partition coefficient (Wildman–Crippen LogP) is 2.14. The molecule has 0 bridgehead atoms. The van der Waals surface area contributed by atoms with Gasteiger partial charge in [0.15, 0.2) is 15.6 Å². The van der Waals surface area contributed by atoms with Crippen molar-refractivity contribution >= 4 is 15.6 Å². The molecule has 16 heavy (non-hydrogen) atoms. The van der Waals surface area contributed by atoms with Crippen LogP contribution in [0.3, 0.4) is 0 Å². The zero-order valence-corrected chi connectivity index (χ0v) is 10.5. The molecule has 1 aromatic carbocycles. The van der Waals surface area contributed by atoms with Gasteiger partial charge in [0, 0.05) is 6.42 Å². The molecule has 0 N–H and O–H groups in total. The number of hydrogen-bond donors (Lipinski definition) is 0. The van der Waals surface area contributed by atoms with Gasteiger partial charge in [-0.15, -0.1) is 0 Å². The maximum Gasteiger partial charge on any atom is 0.188 e. The van der Waals surface area contributed by atoms with E-state index in [0.29, 0.717) is 0 Å². The zero-order valence-electron chi connectivity index (χ0n) is 9.73. The van der Waals surface area contributed by atoms with Crippen LogP contribution in [0.25, 0.3) is 0 Å². The second-order valence-electron chi connectivity index (χ2n) is 3.82. The highest BCUT2D eigenvalue weighted by Crippen LogP contribution is 2.17. The van der Waals surface area contributed by atoms with E-state index in [2.05, 4.69) is 0 Å². The van der Waals surface area contributed by atoms with E-state index in [0.717, 1.165) is 5.56 Å². The number of hydrogen-bond acceptors (Lipinski definition) is 3. The Morgan fingerprint density at radius 2 is 1.75 bits per heavy atom. The fourth-order valence-corrected chi connectivity index (χ4v) is 2.83. The van der Waals surface area contributed by atoms with Gasteiger partial charge in [-0.3, -0.25) is 4.79 Å². The Labute approximate surface area is 96.4 Å². The van der Waals surface area contributed by atoms with E-state index in [1.165, 1.54) is 6.92 Å². The van der Waals surface area contributed by atoms with E-state index in [1.807, 2.05) is 6.92 Å². The van der Waals surface area contributed by atoms with Crippen LogP contribution in [0.2, 0.25) is 0 Å². The number of ketones is 1. The highest BCUT2D eigenvalue weighted by molar-refractivity contribution is 7.92. The molecule has 4 heteroatoms. The van der Waals surface area contributed by atoms with Crippen LogP contribution in [0.5, 0.6) is 0 Å². The monoisotopic (exact) mass is 240 g/mol. The first-order valence-corrected chi connectivity index (χ1v) is 6.77. The average Bonchev–Trinajstić information content (AvgIpc) is 2.27. The quantitative estimate of drug-likeness (QED) is 0.810. The van der Waals surface area contributed by atoms with E-state index in [4.69, 9.17) is 0 Å². The van der Waals surface area contributed by atoms with Gasteiger partial charge in [0.05, 0.1) is 4.90 Å². The van der Waals surface area contributed by atoms with Crippen molar-refractivity contribution < 1.29 is 13.2 Å². The van der Waals surface area contributed by atoms with E-state index in [1.54, 1.807) is 31.2 Å². The summed E-state index contributed by atoms with van der Waals surface area (Å²) in [4.78, 5) is 11.6. The summed E-state index contributed by atoms with van der Waals surface area (Å²) in [7, 11) is -3.52. The lowest BCUT2D eigenvalue weighted by Gasteiger charge is -2.11. The van der Waals surface area contributed by atoms with E-state index >= 15 is 0 Å². The summed E-state index contributed by atoms with van der Waals surface area (Å²) in [5, 5.41) is -0.958. The summed E-state index contributed by atoms with van der Waals surface area (Å²) in [6.45, 7) is 5.00. The van der Waals surface area contributed by atoms with Crippen LogP contribution in [0.1, 0.15) is 25.8 Å². The zero-order chi connectivity index (χ0) is 12.3. The Balaban J connectivity index is 3.12. The lowest BCUT2D eigenvalue weighted by Crippen LogP contribution is -2.26. The minimum atomic E-state index is -3.52. The van der Waals surface area contributed by atoms with Crippen LogP contribution < -0.4 is 0 Å². The Morgan fingerprint density at radius 1 is 1.25 bits per heavy atom. The van der Waals surface area contributed by atoms with Gasteiger partial charge in [0.1, 0.15) is 5.25 Å². The van der Waals surface area contributed by atoms with Crippen LogP contribution in [0.15, 0.2) is 29.2 Å². The number of carbonyl (C=O) groups is 1. The molecule has 0 saturated heterocycles. The molecular formula is C12H16O3S. The van der Waals surface area contributed by atoms with E-state index in [-0.39, 0.29) is 17.1 Å². The summed E-state index contributed by atoms with van der Waals surface area (Å²) >= 11 is 0. The van der Waals surface area contributed by atoms with Crippen molar-refractivity contribution in [1.82, 2.24) is 0 Å². The number of Topliss-reactive ketones (excluding diaryl/α,β-unsaturated/α-hetero) is 1. The predicted molar refractivity (Wildman–Crippen MR) is 63.1 cm³/mol. The Hall–Kier alpha value is -1.16. The molecule has 3 nitrogen and oxygen atoms in total. The number of sulfone groups is 1. The summed E-state index contributed by atoms with van der Waals surface area (Å²) in [5.41, 5.74) is 0.994. The van der Waals surface area contributed by atoms with Crippen LogP contribution in [0.4, 0.5) is 0 Å². The minimum absolute atomic E-state index is 0.215. The second-order valence-corrected chi connectivity index (χ2v) is 6.09. The molecule has 88 valence electrons. The summed E-state index contributed by atoms with van der Waals surface area (Å²) in [5.74, 6) is -0.249. The molecule has 0 spiro atoms. The Kier molecular flexibility index (Phi) is 3.86. The smallest absolute Gasteiger partial charge is 0.188 e. The minimum Gasteiger partial charge on any atom is -0.298 e. The molecule has 0 saturated carbocycles. The van der Waals surface area contributed by atoms with Crippen molar-refractivity contribution in [3.8, 4) is 0 Å². The van der Waals surface area contributed by atoms with Gasteiger partial charge < -0.3 is 0 Å². The highest BCUT2D eigenvalue weighted by Gasteiger charge is 2.28. The summed E-state index contributed by atoms with van der Waals surface area (Å²) < 4.78 is 24.0. The van der Waals surface area contributed by atoms with E-state index in [9.17, 15) is 13.2 Å². The maximum atomic E-state index is 12.0. The van der Waals surface area contributed by atoms with Crippen molar-refractivity contribution in [2.45, 2.75) is 37.3 Å². The summed E-state index contributed by atoms with van der Waals surface area (Å²) in [6, 6.07) is 6.56. The fourth-order valence-electron chi connectivity index (χ4n) is 1.39. The standard InChI is InChI=1S/C12H16O3S/c1-4-12(13)10(3)16(14,15)11-7-5-9(2)6-8-11/h5-8,10H,4H2,1-3H3. The lowest BCUT2D eigenvalue weighted by atomic mass is 10.2. The van der Waals surface area contributed by atoms with Crippen molar-refractivity contribution in [2.75, 3.05) is 0 Å². The first-order chi connectivity index (χ1) is 7.39. The van der Waals surface area contributed by atoms with Crippen LogP contribution in [-0.2, 0) is 14.6 Å². The second kappa shape index (κ2) is 4.78. The van der Waals surface area contributed by atoms with Gasteiger partial charge in [-0.2, -0.15) is 0 Å². The molecule has 0 fully saturated rings. The molecule has 0 amide bonds. The third kappa shape index (κ3) is 2.50. The van der Waals surface area contributed by atoms with Crippen molar-refractivity contribution in [3.63, 3.8) is 0 Å². The molecule has 1 aromatic rings. The van der Waals surface area contributed by atoms with Crippen LogP contribution >= 0.6 is 0 Å². The highest BCUT2D eigenvalue weighted by atomic mass is 32.2. The molecule has 0 aliphatic carbocycles. The van der Waals surface area contributed by atoms with Gasteiger partial charge in [-0.25, -0.2) is 8.42 Å². The van der Waals surface area contributed by atoms with Crippen LogP contribution in [0, 0.1) is 6.92 Å². The average molecular weight is 240 g/mol. The SMILES string of the molecule is CCC(=O)C(C)S(=O)(=O)c1ccc(C)cc1. The number of aryl methyl sites for hydroxylation is 1. The Morgan fingerprint density at radius 3 is 2.19 bits per heavy atom. The van der Waals surface area contributed by atoms with Crippen LogP contribution in [-0.4, -0.2) is 19.5 Å². The molecule has 0 radical (unpaired) electrons. The molecule has 0 heterocycles. The first kappa shape index (κ1) is 12.9. The van der Waals surface area contributed by atoms with Gasteiger partial charge in [-0.05, 0) is 26.0 Å². The molecular weight excluding hydrogens is 224 g/mol. The van der Waals surface area contributed by atoms with Crippen molar-refractivity contribution in [2.24, 2.45) is 0 Å². The largest absolute Gasteiger partial charge is 0.298 e. The summed E-state index contributed by atoms with van der Waals surface area (Å²) in [6.07, 6.45) is 0.242. The third-order valence-electron chi connectivity index (χ3n) is 2.62. The molecule has 1 rings (SSSR count). The molecule has 0 aromatic heterocycles. The first-order valence-electron chi connectivity index (χ1n) is 5.23. The fraction of sp³-hybridized carbons (Fsp3) is 0.417. The van der Waals surface area contributed by atoms with Gasteiger partial charge in [0.2, 0.25) is 0 Å². The normalized spacial score (nSPS) is 13.4. The van der Waals surface area contributed by atoms with Crippen molar-refractivity contribution in [1.29, 1.82) is 0 Å². The molecule has 0 aliphatic heterocycles. The van der Waals surface area contributed by atoms with Gasteiger partial charge in [-0.1, -0.05) is 24.6 Å². The number of benzene rings is 1. The van der Waals surface area contributed by atoms with Gasteiger partial charge in [0.25, 0.3) is 0 Å². The molecule has 1 unspecified atom stereocenters. The lowest BCUT2D eigenvalue weighted by molar-refractivity contribution is -0.118. The number of rotatable bonds is 4. The van der Waals surface area contributed by atoms with Gasteiger partial charge >= 0.3 is 0 Å². The molecule has 0 aliphatic rings. The van der Waals surface area contributed by atoms with E-state index < -0.39 is 15.1 Å². The molecule has 1 atom stereocenters. The number of carbonyl (C=O) groups excluding carboxylic acids is 1. The third-order valence-corrected chi connectivity index (χ3v) is 4.74.